The first-order chi connectivity index (χ1) is 9.05. The number of benzene rings is 1. The monoisotopic (exact) mass is 288 g/mol. The van der Waals surface area contributed by atoms with Crippen molar-refractivity contribution in [2.45, 2.75) is 25.0 Å². The molecule has 5 nitrogen and oxygen atoms in total. The Balaban J connectivity index is 2.96. The van der Waals surface area contributed by atoms with Gasteiger partial charge in [0.1, 0.15) is 16.4 Å². The van der Waals surface area contributed by atoms with Crippen LogP contribution in [0.5, 0.6) is 5.75 Å². The third-order valence-corrected chi connectivity index (χ3v) is 4.18. The molecule has 0 radical (unpaired) electrons. The van der Waals surface area contributed by atoms with Crippen LogP contribution in [0.3, 0.4) is 0 Å². The molecule has 0 aromatic heterocycles. The molecular weight excluding hydrogens is 268 g/mol. The van der Waals surface area contributed by atoms with Crippen LogP contribution in [0, 0.1) is 0 Å². The highest BCUT2D eigenvalue weighted by molar-refractivity contribution is 7.91. The number of hydrogen-bond donors (Lipinski definition) is 0. The molecule has 108 valence electrons. The van der Waals surface area contributed by atoms with E-state index in [-0.39, 0.29) is 10.6 Å². The van der Waals surface area contributed by atoms with Crippen LogP contribution in [-0.2, 0) is 19.3 Å². The molecule has 0 N–H and O–H groups in total. The summed E-state index contributed by atoms with van der Waals surface area (Å²) in [5, 5.41) is 0. The Bertz CT molecular complexity index is 478. The molecule has 0 heterocycles. The highest BCUT2D eigenvalue weighted by Gasteiger charge is 2.24. The quantitative estimate of drug-likeness (QED) is 0.683. The standard InChI is InChI=1S/C13H20O5S/c1-4-17-13(18-5-2)10-19(14,15)12-9-7-6-8-11(12)16-3/h6-9,13H,4-5,10H2,1-3H3. The van der Waals surface area contributed by atoms with Gasteiger partial charge in [0.2, 0.25) is 0 Å². The van der Waals surface area contributed by atoms with Crippen LogP contribution in [-0.4, -0.2) is 40.8 Å². The van der Waals surface area contributed by atoms with E-state index < -0.39 is 16.1 Å². The first-order valence-electron chi connectivity index (χ1n) is 6.14. The zero-order chi connectivity index (χ0) is 14.3. The molecule has 0 fully saturated rings. The van der Waals surface area contributed by atoms with Crippen molar-refractivity contribution >= 4 is 9.84 Å². The first-order valence-corrected chi connectivity index (χ1v) is 7.79. The zero-order valence-electron chi connectivity index (χ0n) is 11.5. The lowest BCUT2D eigenvalue weighted by atomic mass is 10.3. The summed E-state index contributed by atoms with van der Waals surface area (Å²) in [6.45, 7) is 4.38. The lowest BCUT2D eigenvalue weighted by molar-refractivity contribution is -0.120. The molecule has 0 saturated heterocycles. The fourth-order valence-electron chi connectivity index (χ4n) is 1.66. The Kier molecular flexibility index (Phi) is 6.27. The summed E-state index contributed by atoms with van der Waals surface area (Å²) in [4.78, 5) is 0.155. The molecule has 0 aliphatic rings. The molecule has 1 aromatic rings. The second-order valence-electron chi connectivity index (χ2n) is 3.77. The van der Waals surface area contributed by atoms with Gasteiger partial charge >= 0.3 is 0 Å². The number of sulfone groups is 1. The van der Waals surface area contributed by atoms with Gasteiger partial charge in [0.15, 0.2) is 16.1 Å². The predicted octanol–water partition coefficient (Wildman–Crippen LogP) is 1.87. The fraction of sp³-hybridized carbons (Fsp3) is 0.538. The first kappa shape index (κ1) is 15.9. The molecule has 1 rings (SSSR count). The van der Waals surface area contributed by atoms with Crippen molar-refractivity contribution in [3.05, 3.63) is 24.3 Å². The van der Waals surface area contributed by atoms with Gasteiger partial charge in [-0.15, -0.1) is 0 Å². The molecular formula is C13H20O5S. The molecule has 19 heavy (non-hydrogen) atoms. The van der Waals surface area contributed by atoms with E-state index >= 15 is 0 Å². The van der Waals surface area contributed by atoms with E-state index in [0.717, 1.165) is 0 Å². The van der Waals surface area contributed by atoms with Crippen molar-refractivity contribution in [2.24, 2.45) is 0 Å². The van der Waals surface area contributed by atoms with Gasteiger partial charge in [-0.2, -0.15) is 0 Å². The Labute approximate surface area is 114 Å². The van der Waals surface area contributed by atoms with E-state index in [1.54, 1.807) is 32.0 Å². The van der Waals surface area contributed by atoms with Gasteiger partial charge in [-0.25, -0.2) is 8.42 Å². The molecule has 1 aromatic carbocycles. The maximum Gasteiger partial charge on any atom is 0.187 e. The van der Waals surface area contributed by atoms with Crippen LogP contribution in [0.15, 0.2) is 29.2 Å². The van der Waals surface area contributed by atoms with Crippen molar-refractivity contribution in [1.82, 2.24) is 0 Å². The molecule has 0 bridgehead atoms. The van der Waals surface area contributed by atoms with E-state index in [4.69, 9.17) is 14.2 Å². The topological polar surface area (TPSA) is 61.8 Å². The summed E-state index contributed by atoms with van der Waals surface area (Å²) < 4.78 is 40.3. The SMILES string of the molecule is CCOC(CS(=O)(=O)c1ccccc1OC)OCC. The minimum atomic E-state index is -3.52. The van der Waals surface area contributed by atoms with E-state index in [1.807, 2.05) is 0 Å². The number of hydrogen-bond acceptors (Lipinski definition) is 5. The van der Waals surface area contributed by atoms with Crippen molar-refractivity contribution in [3.8, 4) is 5.75 Å². The molecule has 0 aliphatic heterocycles. The minimum absolute atomic E-state index is 0.155. The maximum absolute atomic E-state index is 12.3. The normalized spacial score (nSPS) is 11.8. The van der Waals surface area contributed by atoms with Gasteiger partial charge in [-0.1, -0.05) is 12.1 Å². The van der Waals surface area contributed by atoms with Crippen LogP contribution < -0.4 is 4.74 Å². The Hall–Kier alpha value is -1.11. The lowest BCUT2D eigenvalue weighted by Crippen LogP contribution is -2.27. The zero-order valence-corrected chi connectivity index (χ0v) is 12.3. The fourth-order valence-corrected chi connectivity index (χ4v) is 3.13. The number of rotatable bonds is 8. The second-order valence-corrected chi connectivity index (χ2v) is 5.78. The minimum Gasteiger partial charge on any atom is -0.495 e. The lowest BCUT2D eigenvalue weighted by Gasteiger charge is -2.17. The van der Waals surface area contributed by atoms with Crippen LogP contribution in [0.25, 0.3) is 0 Å². The summed E-state index contributed by atoms with van der Waals surface area (Å²) in [7, 11) is -2.08. The van der Waals surface area contributed by atoms with Gasteiger partial charge < -0.3 is 14.2 Å². The molecule has 0 amide bonds. The van der Waals surface area contributed by atoms with Crippen molar-refractivity contribution in [2.75, 3.05) is 26.1 Å². The molecule has 6 heteroatoms. The van der Waals surface area contributed by atoms with Gasteiger partial charge in [-0.05, 0) is 26.0 Å². The van der Waals surface area contributed by atoms with Gasteiger partial charge in [0, 0.05) is 13.2 Å². The van der Waals surface area contributed by atoms with E-state index in [2.05, 4.69) is 0 Å². The average molecular weight is 288 g/mol. The third kappa shape index (κ3) is 4.49. The second kappa shape index (κ2) is 7.47. The predicted molar refractivity (Wildman–Crippen MR) is 72.1 cm³/mol. The highest BCUT2D eigenvalue weighted by atomic mass is 32.2. The highest BCUT2D eigenvalue weighted by Crippen LogP contribution is 2.24. The third-order valence-electron chi connectivity index (χ3n) is 2.46. The Morgan fingerprint density at radius 3 is 2.21 bits per heavy atom. The van der Waals surface area contributed by atoms with Crippen molar-refractivity contribution < 1.29 is 22.6 Å². The molecule has 0 saturated carbocycles. The van der Waals surface area contributed by atoms with E-state index in [1.165, 1.54) is 13.2 Å². The number of para-hydroxylation sites is 1. The number of methoxy groups -OCH3 is 1. The van der Waals surface area contributed by atoms with E-state index in [9.17, 15) is 8.42 Å². The largest absolute Gasteiger partial charge is 0.495 e. The summed E-state index contributed by atoms with van der Waals surface area (Å²) in [5.74, 6) is 0.101. The maximum atomic E-state index is 12.3. The van der Waals surface area contributed by atoms with Gasteiger partial charge in [-0.3, -0.25) is 0 Å². The van der Waals surface area contributed by atoms with Crippen molar-refractivity contribution in [1.29, 1.82) is 0 Å². The molecule has 0 aliphatic carbocycles. The number of ether oxygens (including phenoxy) is 3. The molecule has 0 atom stereocenters. The summed E-state index contributed by atoms with van der Waals surface area (Å²) in [5.41, 5.74) is 0. The van der Waals surface area contributed by atoms with Crippen LogP contribution in [0.2, 0.25) is 0 Å². The summed E-state index contributed by atoms with van der Waals surface area (Å²) >= 11 is 0. The van der Waals surface area contributed by atoms with Gasteiger partial charge in [0.25, 0.3) is 0 Å². The Morgan fingerprint density at radius 1 is 1.11 bits per heavy atom. The van der Waals surface area contributed by atoms with Crippen LogP contribution in [0.1, 0.15) is 13.8 Å². The average Bonchev–Trinajstić information content (AvgIpc) is 2.39. The van der Waals surface area contributed by atoms with Crippen LogP contribution in [0.4, 0.5) is 0 Å². The molecule has 0 spiro atoms. The van der Waals surface area contributed by atoms with Crippen molar-refractivity contribution in [3.63, 3.8) is 0 Å². The smallest absolute Gasteiger partial charge is 0.187 e. The molecule has 0 unspecified atom stereocenters. The van der Waals surface area contributed by atoms with Crippen LogP contribution >= 0.6 is 0 Å². The van der Waals surface area contributed by atoms with Gasteiger partial charge in [0.05, 0.1) is 7.11 Å². The summed E-state index contributed by atoms with van der Waals surface area (Å²) in [6.07, 6.45) is -0.759. The van der Waals surface area contributed by atoms with E-state index in [0.29, 0.717) is 19.0 Å². The summed E-state index contributed by atoms with van der Waals surface area (Å²) in [6, 6.07) is 6.51. The Morgan fingerprint density at radius 2 is 1.68 bits per heavy atom.